The van der Waals surface area contributed by atoms with Gasteiger partial charge in [0.1, 0.15) is 11.6 Å². The number of nitrogens with two attached hydrogens (primary N) is 1. The molecule has 1 amide bonds. The summed E-state index contributed by atoms with van der Waals surface area (Å²) < 4.78 is 0. The summed E-state index contributed by atoms with van der Waals surface area (Å²) in [7, 11) is 0. The van der Waals surface area contributed by atoms with E-state index in [4.69, 9.17) is 10.8 Å². The van der Waals surface area contributed by atoms with Crippen molar-refractivity contribution in [2.45, 2.75) is 6.04 Å². The lowest BCUT2D eigenvalue weighted by Crippen LogP contribution is -2.38. The number of hydrogen-bond acceptors (Lipinski definition) is 4. The highest BCUT2D eigenvalue weighted by molar-refractivity contribution is 6.01. The van der Waals surface area contributed by atoms with E-state index in [1.54, 1.807) is 18.5 Å². The molecule has 0 aliphatic carbocycles. The first-order valence-corrected chi connectivity index (χ1v) is 4.82. The molecule has 0 saturated carbocycles. The SMILES string of the molecule is N[C@H](CO)C(=O)Nc1c[nH]c2cccnc12. The van der Waals surface area contributed by atoms with Gasteiger partial charge in [-0.15, -0.1) is 0 Å². The lowest BCUT2D eigenvalue weighted by atomic mass is 10.3. The summed E-state index contributed by atoms with van der Waals surface area (Å²) in [6.07, 6.45) is 3.28. The van der Waals surface area contributed by atoms with Gasteiger partial charge < -0.3 is 21.1 Å². The highest BCUT2D eigenvalue weighted by Crippen LogP contribution is 2.19. The number of rotatable bonds is 3. The van der Waals surface area contributed by atoms with E-state index in [0.717, 1.165) is 5.52 Å². The van der Waals surface area contributed by atoms with Crippen LogP contribution in [0.3, 0.4) is 0 Å². The fraction of sp³-hybridized carbons (Fsp3) is 0.200. The molecule has 2 aromatic heterocycles. The molecule has 0 radical (unpaired) electrons. The van der Waals surface area contributed by atoms with Crippen LogP contribution in [0.15, 0.2) is 24.5 Å². The van der Waals surface area contributed by atoms with Gasteiger partial charge in [0.2, 0.25) is 5.91 Å². The van der Waals surface area contributed by atoms with Gasteiger partial charge in [-0.1, -0.05) is 0 Å². The number of hydrogen-bond donors (Lipinski definition) is 4. The summed E-state index contributed by atoms with van der Waals surface area (Å²) in [4.78, 5) is 18.5. The number of anilines is 1. The van der Waals surface area contributed by atoms with Crippen molar-refractivity contribution in [3.8, 4) is 0 Å². The highest BCUT2D eigenvalue weighted by atomic mass is 16.3. The van der Waals surface area contributed by atoms with Gasteiger partial charge in [-0.25, -0.2) is 0 Å². The molecular formula is C10H12N4O2. The molecular weight excluding hydrogens is 208 g/mol. The normalized spacial score (nSPS) is 12.6. The lowest BCUT2D eigenvalue weighted by Gasteiger charge is -2.07. The number of fused-ring (bicyclic) bond motifs is 1. The van der Waals surface area contributed by atoms with Crippen molar-refractivity contribution in [3.63, 3.8) is 0 Å². The first-order chi connectivity index (χ1) is 7.72. The molecule has 0 aliphatic rings. The predicted molar refractivity (Wildman–Crippen MR) is 59.8 cm³/mol. The highest BCUT2D eigenvalue weighted by Gasteiger charge is 2.14. The third-order valence-corrected chi connectivity index (χ3v) is 2.23. The predicted octanol–water partition coefficient (Wildman–Crippen LogP) is -0.179. The minimum absolute atomic E-state index is 0.387. The third kappa shape index (κ3) is 1.88. The molecule has 0 aromatic carbocycles. The maximum Gasteiger partial charge on any atom is 0.243 e. The lowest BCUT2D eigenvalue weighted by molar-refractivity contribution is -0.118. The number of nitrogens with zero attached hydrogens (tertiary/aromatic N) is 1. The number of pyridine rings is 1. The summed E-state index contributed by atoms with van der Waals surface area (Å²) in [5, 5.41) is 11.3. The van der Waals surface area contributed by atoms with Crippen LogP contribution >= 0.6 is 0 Å². The second kappa shape index (κ2) is 4.30. The Bertz CT molecular complexity index is 508. The molecule has 84 valence electrons. The fourth-order valence-corrected chi connectivity index (χ4v) is 1.36. The number of nitrogens with one attached hydrogen (secondary N) is 2. The largest absolute Gasteiger partial charge is 0.394 e. The zero-order valence-electron chi connectivity index (χ0n) is 8.47. The van der Waals surface area contributed by atoms with Crippen LogP contribution in [0.25, 0.3) is 11.0 Å². The summed E-state index contributed by atoms with van der Waals surface area (Å²) in [5.74, 6) is -0.436. The van der Waals surface area contributed by atoms with E-state index in [1.165, 1.54) is 0 Å². The van der Waals surface area contributed by atoms with Gasteiger partial charge in [0, 0.05) is 12.4 Å². The van der Waals surface area contributed by atoms with E-state index in [-0.39, 0.29) is 6.61 Å². The number of aromatic amines is 1. The average molecular weight is 220 g/mol. The molecule has 0 saturated heterocycles. The van der Waals surface area contributed by atoms with E-state index >= 15 is 0 Å². The van der Waals surface area contributed by atoms with Crippen LogP contribution in [-0.4, -0.2) is 33.6 Å². The number of amides is 1. The van der Waals surface area contributed by atoms with E-state index in [2.05, 4.69) is 15.3 Å². The zero-order chi connectivity index (χ0) is 11.5. The Labute approximate surface area is 91.5 Å². The Morgan fingerprint density at radius 1 is 1.69 bits per heavy atom. The summed E-state index contributed by atoms with van der Waals surface area (Å²) in [6.45, 7) is -0.387. The van der Waals surface area contributed by atoms with Gasteiger partial charge in [-0.05, 0) is 12.1 Å². The Morgan fingerprint density at radius 2 is 2.50 bits per heavy atom. The average Bonchev–Trinajstić information content (AvgIpc) is 2.72. The van der Waals surface area contributed by atoms with Crippen molar-refractivity contribution in [2.24, 2.45) is 5.73 Å². The molecule has 0 spiro atoms. The first kappa shape index (κ1) is 10.6. The molecule has 6 heteroatoms. The molecule has 1 atom stereocenters. The molecule has 2 rings (SSSR count). The van der Waals surface area contributed by atoms with E-state index < -0.39 is 11.9 Å². The molecule has 0 unspecified atom stereocenters. The van der Waals surface area contributed by atoms with E-state index in [0.29, 0.717) is 11.2 Å². The van der Waals surface area contributed by atoms with Crippen LogP contribution in [0, 0.1) is 0 Å². The fourth-order valence-electron chi connectivity index (χ4n) is 1.36. The van der Waals surface area contributed by atoms with E-state index in [9.17, 15) is 4.79 Å². The van der Waals surface area contributed by atoms with Crippen molar-refractivity contribution in [1.29, 1.82) is 0 Å². The van der Waals surface area contributed by atoms with Gasteiger partial charge in [-0.3, -0.25) is 9.78 Å². The van der Waals surface area contributed by atoms with Gasteiger partial charge in [0.25, 0.3) is 0 Å². The molecule has 2 aromatic rings. The van der Waals surface area contributed by atoms with Gasteiger partial charge >= 0.3 is 0 Å². The Hall–Kier alpha value is -1.92. The van der Waals surface area contributed by atoms with E-state index in [1.807, 2.05) is 6.07 Å². The van der Waals surface area contributed by atoms with Crippen LogP contribution in [-0.2, 0) is 4.79 Å². The van der Waals surface area contributed by atoms with Crippen LogP contribution in [0.5, 0.6) is 0 Å². The molecule has 16 heavy (non-hydrogen) atoms. The zero-order valence-corrected chi connectivity index (χ0v) is 8.47. The van der Waals surface area contributed by atoms with Crippen LogP contribution in [0.2, 0.25) is 0 Å². The molecule has 0 fully saturated rings. The number of carbonyl (C=O) groups is 1. The quantitative estimate of drug-likeness (QED) is 0.576. The number of H-pyrrole nitrogens is 1. The second-order valence-corrected chi connectivity index (χ2v) is 3.38. The Balaban J connectivity index is 2.25. The summed E-state index contributed by atoms with van der Waals surface area (Å²) in [5.41, 5.74) is 7.44. The van der Waals surface area contributed by atoms with Crippen LogP contribution in [0.4, 0.5) is 5.69 Å². The van der Waals surface area contributed by atoms with Gasteiger partial charge in [-0.2, -0.15) is 0 Å². The Kier molecular flexibility index (Phi) is 2.84. The monoisotopic (exact) mass is 220 g/mol. The van der Waals surface area contributed by atoms with Crippen molar-refractivity contribution >= 4 is 22.6 Å². The summed E-state index contributed by atoms with van der Waals surface area (Å²) in [6, 6.07) is 2.72. The number of aliphatic hydroxyl groups excluding tert-OH is 1. The molecule has 0 aliphatic heterocycles. The molecule has 2 heterocycles. The standard InChI is InChI=1S/C10H12N4O2/c11-6(5-15)10(16)14-8-4-13-7-2-1-3-12-9(7)8/h1-4,6,13,15H,5,11H2,(H,14,16)/t6-/m1/s1. The number of aromatic nitrogens is 2. The van der Waals surface area contributed by atoms with Crippen molar-refractivity contribution in [3.05, 3.63) is 24.5 Å². The maximum atomic E-state index is 11.4. The van der Waals surface area contributed by atoms with Gasteiger partial charge in [0.05, 0.1) is 17.8 Å². The topological polar surface area (TPSA) is 104 Å². The number of aliphatic hydroxyl groups is 1. The maximum absolute atomic E-state index is 11.4. The summed E-state index contributed by atoms with van der Waals surface area (Å²) >= 11 is 0. The van der Waals surface area contributed by atoms with Crippen LogP contribution in [0.1, 0.15) is 0 Å². The third-order valence-electron chi connectivity index (χ3n) is 2.23. The Morgan fingerprint density at radius 3 is 3.25 bits per heavy atom. The molecule has 6 nitrogen and oxygen atoms in total. The second-order valence-electron chi connectivity index (χ2n) is 3.38. The van der Waals surface area contributed by atoms with Crippen molar-refractivity contribution in [1.82, 2.24) is 9.97 Å². The van der Waals surface area contributed by atoms with Gasteiger partial charge in [0.15, 0.2) is 0 Å². The van der Waals surface area contributed by atoms with Crippen molar-refractivity contribution in [2.75, 3.05) is 11.9 Å². The smallest absolute Gasteiger partial charge is 0.243 e. The minimum Gasteiger partial charge on any atom is -0.394 e. The first-order valence-electron chi connectivity index (χ1n) is 4.82. The molecule has 0 bridgehead atoms. The molecule has 5 N–H and O–H groups in total. The van der Waals surface area contributed by atoms with Crippen LogP contribution < -0.4 is 11.1 Å². The minimum atomic E-state index is -0.923. The number of carbonyl (C=O) groups excluding carboxylic acids is 1. The van der Waals surface area contributed by atoms with Crippen molar-refractivity contribution < 1.29 is 9.90 Å².